The monoisotopic (exact) mass is 186 g/mol. The third-order valence-electron chi connectivity index (χ3n) is 1.39. The number of pyridine rings is 1. The first kappa shape index (κ1) is 9.39. The molecule has 0 unspecified atom stereocenters. The first-order valence-electron chi connectivity index (χ1n) is 3.24. The van der Waals surface area contributed by atoms with Crippen LogP contribution in [0.1, 0.15) is 11.1 Å². The van der Waals surface area contributed by atoms with Crippen LogP contribution in [0.5, 0.6) is 0 Å². The first-order valence-corrected chi connectivity index (χ1v) is 3.24. The van der Waals surface area contributed by atoms with Gasteiger partial charge in [0.15, 0.2) is 0 Å². The molecule has 0 spiro atoms. The molecule has 2 N–H and O–H groups in total. The number of nitrogen functional groups attached to an aromatic ring is 1. The zero-order valence-corrected chi connectivity index (χ0v) is 6.39. The van der Waals surface area contributed by atoms with Gasteiger partial charge in [-0.05, 0) is 6.07 Å². The zero-order chi connectivity index (χ0) is 10.1. The summed E-state index contributed by atoms with van der Waals surface area (Å²) in [7, 11) is 0. The summed E-state index contributed by atoms with van der Waals surface area (Å²) in [5.41, 5.74) is 4.09. The van der Waals surface area contributed by atoms with E-state index in [0.717, 1.165) is 12.3 Å². The molecule has 1 heterocycles. The van der Waals surface area contributed by atoms with E-state index >= 15 is 0 Å². The van der Waals surface area contributed by atoms with Gasteiger partial charge in [0, 0.05) is 11.8 Å². The Balaban J connectivity index is 3.29. The fourth-order valence-corrected chi connectivity index (χ4v) is 0.781. The van der Waals surface area contributed by atoms with Gasteiger partial charge in [-0.3, -0.25) is 0 Å². The van der Waals surface area contributed by atoms with Crippen molar-refractivity contribution in [2.45, 2.75) is 6.18 Å². The highest BCUT2D eigenvalue weighted by Gasteiger charge is 2.33. The summed E-state index contributed by atoms with van der Waals surface area (Å²) in [5, 5.41) is 0. The maximum absolute atomic E-state index is 12.2. The molecule has 13 heavy (non-hydrogen) atoms. The summed E-state index contributed by atoms with van der Waals surface area (Å²) in [6, 6.07) is 0.794. The highest BCUT2D eigenvalue weighted by Crippen LogP contribution is 2.32. The molecule has 0 radical (unpaired) electrons. The van der Waals surface area contributed by atoms with E-state index in [9.17, 15) is 13.2 Å². The van der Waals surface area contributed by atoms with Crippen molar-refractivity contribution in [3.63, 3.8) is 0 Å². The van der Waals surface area contributed by atoms with Crippen LogP contribution in [-0.4, -0.2) is 4.98 Å². The van der Waals surface area contributed by atoms with E-state index in [1.54, 1.807) is 0 Å². The molecule has 0 amide bonds. The van der Waals surface area contributed by atoms with Crippen LogP contribution in [0, 0.1) is 12.3 Å². The Morgan fingerprint density at radius 3 is 2.54 bits per heavy atom. The van der Waals surface area contributed by atoms with Crippen LogP contribution in [0.15, 0.2) is 12.3 Å². The van der Waals surface area contributed by atoms with E-state index in [0.29, 0.717) is 0 Å². The maximum atomic E-state index is 12.2. The van der Waals surface area contributed by atoms with Crippen molar-refractivity contribution in [3.8, 4) is 12.3 Å². The SMILES string of the molecule is C#Cc1cnc(N)c(C(F)(F)F)c1. The largest absolute Gasteiger partial charge is 0.419 e. The fourth-order valence-electron chi connectivity index (χ4n) is 0.781. The molecule has 0 atom stereocenters. The summed E-state index contributed by atoms with van der Waals surface area (Å²) in [5.74, 6) is 1.49. The van der Waals surface area contributed by atoms with Crippen LogP contribution < -0.4 is 5.73 Å². The molecule has 0 aliphatic carbocycles. The minimum absolute atomic E-state index is 0.0570. The molecule has 5 heteroatoms. The summed E-state index contributed by atoms with van der Waals surface area (Å²) < 4.78 is 36.5. The minimum atomic E-state index is -4.51. The van der Waals surface area contributed by atoms with Gasteiger partial charge in [-0.25, -0.2) is 4.98 Å². The molecule has 1 aromatic rings. The standard InChI is InChI=1S/C8H5F3N2/c1-2-5-3-6(8(9,10)11)7(12)13-4-5/h1,3-4H,(H2,12,13). The van der Waals surface area contributed by atoms with Gasteiger partial charge in [0.25, 0.3) is 0 Å². The molecule has 0 aromatic carbocycles. The van der Waals surface area contributed by atoms with E-state index in [4.69, 9.17) is 12.2 Å². The second-order valence-corrected chi connectivity index (χ2v) is 2.30. The third-order valence-corrected chi connectivity index (χ3v) is 1.39. The highest BCUT2D eigenvalue weighted by atomic mass is 19.4. The van der Waals surface area contributed by atoms with Crippen LogP contribution in [0.25, 0.3) is 0 Å². The second kappa shape index (κ2) is 2.98. The Bertz CT molecular complexity index is 363. The average molecular weight is 186 g/mol. The van der Waals surface area contributed by atoms with Crippen molar-refractivity contribution in [1.82, 2.24) is 4.98 Å². The number of anilines is 1. The van der Waals surface area contributed by atoms with Crippen molar-refractivity contribution in [3.05, 3.63) is 23.4 Å². The number of hydrogen-bond acceptors (Lipinski definition) is 2. The molecule has 2 nitrogen and oxygen atoms in total. The highest BCUT2D eigenvalue weighted by molar-refractivity contribution is 5.46. The zero-order valence-electron chi connectivity index (χ0n) is 6.39. The molecule has 0 aliphatic heterocycles. The summed E-state index contributed by atoms with van der Waals surface area (Å²) in [6.45, 7) is 0. The minimum Gasteiger partial charge on any atom is -0.383 e. The van der Waals surface area contributed by atoms with Gasteiger partial charge in [0.05, 0.1) is 5.56 Å². The van der Waals surface area contributed by atoms with E-state index in [-0.39, 0.29) is 5.56 Å². The van der Waals surface area contributed by atoms with Crippen molar-refractivity contribution in [2.75, 3.05) is 5.73 Å². The average Bonchev–Trinajstić information content (AvgIpc) is 2.03. The van der Waals surface area contributed by atoms with E-state index in [2.05, 4.69) is 4.98 Å². The van der Waals surface area contributed by atoms with Crippen LogP contribution in [-0.2, 0) is 6.18 Å². The van der Waals surface area contributed by atoms with Crippen LogP contribution in [0.3, 0.4) is 0 Å². The number of nitrogens with zero attached hydrogens (tertiary/aromatic N) is 1. The lowest BCUT2D eigenvalue weighted by Crippen LogP contribution is -2.10. The number of halogens is 3. The number of terminal acetylenes is 1. The van der Waals surface area contributed by atoms with Crippen molar-refractivity contribution in [2.24, 2.45) is 0 Å². The third kappa shape index (κ3) is 1.90. The lowest BCUT2D eigenvalue weighted by Gasteiger charge is -2.08. The lowest BCUT2D eigenvalue weighted by atomic mass is 10.2. The van der Waals surface area contributed by atoms with Gasteiger partial charge < -0.3 is 5.73 Å². The second-order valence-electron chi connectivity index (χ2n) is 2.30. The number of hydrogen-bond donors (Lipinski definition) is 1. The van der Waals surface area contributed by atoms with E-state index in [1.165, 1.54) is 0 Å². The predicted octanol–water partition coefficient (Wildman–Crippen LogP) is 1.66. The normalized spacial score (nSPS) is 10.9. The van der Waals surface area contributed by atoms with Crippen LogP contribution in [0.4, 0.5) is 19.0 Å². The van der Waals surface area contributed by atoms with Gasteiger partial charge in [-0.2, -0.15) is 13.2 Å². The van der Waals surface area contributed by atoms with Gasteiger partial charge >= 0.3 is 6.18 Å². The first-order chi connectivity index (χ1) is 5.95. The van der Waals surface area contributed by atoms with Gasteiger partial charge in [-0.1, -0.05) is 5.92 Å². The van der Waals surface area contributed by atoms with Gasteiger partial charge in [-0.15, -0.1) is 6.42 Å². The smallest absolute Gasteiger partial charge is 0.383 e. The molecule has 0 saturated carbocycles. The van der Waals surface area contributed by atoms with E-state index in [1.807, 2.05) is 5.92 Å². The molecule has 0 fully saturated rings. The lowest BCUT2D eigenvalue weighted by molar-refractivity contribution is -0.137. The molecule has 0 aliphatic rings. The number of nitrogens with two attached hydrogens (primary N) is 1. The van der Waals surface area contributed by atoms with Crippen molar-refractivity contribution < 1.29 is 13.2 Å². The summed E-state index contributed by atoms with van der Waals surface area (Å²) in [6.07, 6.45) is 1.52. The Hall–Kier alpha value is -1.70. The van der Waals surface area contributed by atoms with Crippen molar-refractivity contribution in [1.29, 1.82) is 0 Å². The molecule has 0 bridgehead atoms. The Morgan fingerprint density at radius 1 is 1.46 bits per heavy atom. The molecule has 68 valence electrons. The summed E-state index contributed by atoms with van der Waals surface area (Å²) >= 11 is 0. The van der Waals surface area contributed by atoms with Gasteiger partial charge in [0.2, 0.25) is 0 Å². The number of alkyl halides is 3. The fraction of sp³-hybridized carbons (Fsp3) is 0.125. The molecule has 1 aromatic heterocycles. The number of rotatable bonds is 0. The Kier molecular flexibility index (Phi) is 2.15. The quantitative estimate of drug-likeness (QED) is 0.626. The molecule has 0 saturated heterocycles. The van der Waals surface area contributed by atoms with Crippen LogP contribution >= 0.6 is 0 Å². The Morgan fingerprint density at radius 2 is 2.08 bits per heavy atom. The van der Waals surface area contributed by atoms with Crippen LogP contribution in [0.2, 0.25) is 0 Å². The van der Waals surface area contributed by atoms with Crippen molar-refractivity contribution >= 4 is 5.82 Å². The number of aromatic nitrogens is 1. The molecule has 1 rings (SSSR count). The maximum Gasteiger partial charge on any atom is 0.419 e. The topological polar surface area (TPSA) is 38.9 Å². The predicted molar refractivity (Wildman–Crippen MR) is 41.6 cm³/mol. The summed E-state index contributed by atoms with van der Waals surface area (Å²) in [4.78, 5) is 3.33. The van der Waals surface area contributed by atoms with Gasteiger partial charge in [0.1, 0.15) is 5.82 Å². The van der Waals surface area contributed by atoms with E-state index < -0.39 is 17.6 Å². The Labute approximate surface area is 72.6 Å². The molecular formula is C8H5F3N2. The molecular weight excluding hydrogens is 181 g/mol.